The van der Waals surface area contributed by atoms with Gasteiger partial charge in [0.15, 0.2) is 18.7 Å². The molecule has 1 amide bonds. The Morgan fingerprint density at radius 2 is 1.76 bits per heavy atom. The van der Waals surface area contributed by atoms with Gasteiger partial charge in [-0.1, -0.05) is 25.5 Å². The molecule has 0 aromatic heterocycles. The van der Waals surface area contributed by atoms with E-state index >= 15 is 0 Å². The van der Waals surface area contributed by atoms with Gasteiger partial charge in [0, 0.05) is 42.4 Å². The summed E-state index contributed by atoms with van der Waals surface area (Å²) in [7, 11) is 1.25. The number of aliphatic hydroxyl groups is 2. The molecule has 0 radical (unpaired) electrons. The quantitative estimate of drug-likeness (QED) is 0.150. The zero-order valence-corrected chi connectivity index (χ0v) is 27.7. The van der Waals surface area contributed by atoms with Gasteiger partial charge >= 0.3 is 18.1 Å². The molecule has 1 heterocycles. The summed E-state index contributed by atoms with van der Waals surface area (Å²) in [5, 5.41) is 47.2. The fourth-order valence-corrected chi connectivity index (χ4v) is 6.64. The number of phenolic OH excluding ortho intramolecular Hbond substituents is 2. The Morgan fingerprint density at radius 3 is 2.41 bits per heavy atom. The number of benzene rings is 2. The van der Waals surface area contributed by atoms with Crippen LogP contribution < -0.4 is 10.1 Å². The summed E-state index contributed by atoms with van der Waals surface area (Å²) in [6, 6.07) is 2.58. The number of aliphatic hydroxyl groups excluding tert-OH is 1. The Labute approximate surface area is 288 Å². The Balaban J connectivity index is 1.58. The Hall–Kier alpha value is -4.58. The van der Waals surface area contributed by atoms with Gasteiger partial charge in [0.25, 0.3) is 0 Å². The second-order valence-electron chi connectivity index (χ2n) is 12.7. The molecular weight excluding hydrogens is 687 g/mol. The minimum Gasteiger partial charge on any atom is -0.507 e. The van der Waals surface area contributed by atoms with Crippen molar-refractivity contribution in [1.29, 1.82) is 0 Å². The highest BCUT2D eigenvalue weighted by atomic mass is 19.4. The number of unbranched alkanes of at least 4 members (excludes halogenated alkanes) is 1. The third-order valence-electron chi connectivity index (χ3n) is 9.29. The molecule has 1 saturated heterocycles. The lowest BCUT2D eigenvalue weighted by atomic mass is 9.72. The standard InChI is InChI=1S/C34H36F3NO13/c1-4-5-9-21(40)49-13-20(39)33(47)11-16-24(19(12-33)51-22-10-17(27(41)14(2)50-22)38-32(46)34(35,36)37)31(45)26-25(29(16)43)28(42)15-7-6-8-18(48-3)23(15)30(26)44/h6-8,14,17,19,22,27,41,43,45,47H,4-5,9-13H2,1-3H3,(H,38,46)/t14-,17-,19-,22+,27+,33-/m0/s1. The summed E-state index contributed by atoms with van der Waals surface area (Å²) in [5.74, 6) is -7.66. The number of hydrogen-bond donors (Lipinski definition) is 5. The number of carbonyl (C=O) groups is 5. The van der Waals surface area contributed by atoms with Gasteiger partial charge < -0.3 is 44.7 Å². The molecule has 3 aliphatic rings. The van der Waals surface area contributed by atoms with Gasteiger partial charge in [-0.05, 0) is 19.4 Å². The molecule has 5 rings (SSSR count). The lowest BCUT2D eigenvalue weighted by Gasteiger charge is -2.43. The number of hydrogen-bond acceptors (Lipinski definition) is 13. The fourth-order valence-electron chi connectivity index (χ4n) is 6.64. The first kappa shape index (κ1) is 37.7. The van der Waals surface area contributed by atoms with Crippen LogP contribution in [0.2, 0.25) is 0 Å². The second-order valence-corrected chi connectivity index (χ2v) is 12.7. The van der Waals surface area contributed by atoms with Crippen molar-refractivity contribution in [2.24, 2.45) is 0 Å². The van der Waals surface area contributed by atoms with E-state index < -0.39 is 120 Å². The summed E-state index contributed by atoms with van der Waals surface area (Å²) < 4.78 is 61.1. The second kappa shape index (κ2) is 14.2. The minimum atomic E-state index is -5.29. The molecule has 0 bridgehead atoms. The molecule has 17 heteroatoms. The van der Waals surface area contributed by atoms with Gasteiger partial charge in [0.2, 0.25) is 11.6 Å². The van der Waals surface area contributed by atoms with Crippen LogP contribution in [0.3, 0.4) is 0 Å². The summed E-state index contributed by atoms with van der Waals surface area (Å²) in [6.45, 7) is 2.21. The highest BCUT2D eigenvalue weighted by molar-refractivity contribution is 6.31. The normalized spacial score (nSPS) is 25.7. The van der Waals surface area contributed by atoms with Crippen molar-refractivity contribution in [2.45, 2.75) is 94.8 Å². The number of esters is 1. The zero-order chi connectivity index (χ0) is 37.6. The molecule has 276 valence electrons. The third-order valence-corrected chi connectivity index (χ3v) is 9.29. The number of ketones is 3. The summed E-state index contributed by atoms with van der Waals surface area (Å²) in [4.78, 5) is 64.9. The van der Waals surface area contributed by atoms with Crippen molar-refractivity contribution in [3.63, 3.8) is 0 Å². The van der Waals surface area contributed by atoms with Crippen molar-refractivity contribution >= 4 is 29.2 Å². The largest absolute Gasteiger partial charge is 0.507 e. The summed E-state index contributed by atoms with van der Waals surface area (Å²) >= 11 is 0. The molecule has 5 N–H and O–H groups in total. The number of carbonyl (C=O) groups excluding carboxylic acids is 5. The zero-order valence-electron chi connectivity index (χ0n) is 27.7. The molecule has 1 aliphatic heterocycles. The molecule has 14 nitrogen and oxygen atoms in total. The van der Waals surface area contributed by atoms with Crippen molar-refractivity contribution < 1.29 is 76.5 Å². The van der Waals surface area contributed by atoms with Gasteiger partial charge in [-0.3, -0.25) is 24.0 Å². The molecule has 0 spiro atoms. The highest BCUT2D eigenvalue weighted by Crippen LogP contribution is 2.52. The van der Waals surface area contributed by atoms with Crippen LogP contribution in [0.25, 0.3) is 0 Å². The maximum Gasteiger partial charge on any atom is 0.471 e. The highest BCUT2D eigenvalue weighted by Gasteiger charge is 2.51. The Morgan fingerprint density at radius 1 is 1.08 bits per heavy atom. The maximum absolute atomic E-state index is 13.9. The number of aromatic hydroxyl groups is 2. The SMILES string of the molecule is CCCCC(=O)OCC(=O)[C@]1(O)Cc2c(O)c3c(c(O)c2[C@@H](O[C@@H]2C[C@H](NC(=O)C(F)(F)F)[C@H](O)[C@H](C)O2)C1)C(=O)c1c(OC)cccc1C3=O. The molecule has 1 fully saturated rings. The van der Waals surface area contributed by atoms with Crippen LogP contribution >= 0.6 is 0 Å². The molecule has 6 atom stereocenters. The van der Waals surface area contributed by atoms with Gasteiger partial charge in [0.1, 0.15) is 29.0 Å². The number of nitrogens with one attached hydrogen (secondary N) is 1. The van der Waals surface area contributed by atoms with Crippen molar-refractivity contribution in [3.8, 4) is 17.2 Å². The molecule has 0 unspecified atom stereocenters. The van der Waals surface area contributed by atoms with Gasteiger partial charge in [-0.15, -0.1) is 0 Å². The van der Waals surface area contributed by atoms with E-state index in [2.05, 4.69) is 0 Å². The van der Waals surface area contributed by atoms with E-state index in [1.54, 1.807) is 5.32 Å². The first-order chi connectivity index (χ1) is 23.9. The number of Topliss-reactive ketones (excluding diaryl/α,β-unsaturated/α-hetero) is 1. The first-order valence-electron chi connectivity index (χ1n) is 16.1. The Kier molecular flexibility index (Phi) is 10.5. The average molecular weight is 724 g/mol. The predicted octanol–water partition coefficient (Wildman–Crippen LogP) is 2.46. The van der Waals surface area contributed by atoms with Gasteiger partial charge in [-0.2, -0.15) is 13.2 Å². The van der Waals surface area contributed by atoms with E-state index in [0.717, 1.165) is 0 Å². The molecule has 2 aromatic carbocycles. The molecule has 2 aliphatic carbocycles. The number of methoxy groups -OCH3 is 1. The van der Waals surface area contributed by atoms with Crippen LogP contribution in [-0.4, -0.2) is 99.7 Å². The van der Waals surface area contributed by atoms with Crippen LogP contribution in [-0.2, 0) is 35.0 Å². The van der Waals surface area contributed by atoms with E-state index in [0.29, 0.717) is 12.8 Å². The van der Waals surface area contributed by atoms with Crippen molar-refractivity contribution in [2.75, 3.05) is 13.7 Å². The number of fused-ring (bicyclic) bond motifs is 3. The predicted molar refractivity (Wildman–Crippen MR) is 165 cm³/mol. The van der Waals surface area contributed by atoms with Crippen LogP contribution in [0.1, 0.15) is 95.0 Å². The number of rotatable bonds is 10. The lowest BCUT2D eigenvalue weighted by Crippen LogP contribution is -2.57. The van der Waals surface area contributed by atoms with Gasteiger partial charge in [0.05, 0.1) is 42.0 Å². The molecule has 2 aromatic rings. The van der Waals surface area contributed by atoms with Crippen LogP contribution in [0.15, 0.2) is 18.2 Å². The smallest absolute Gasteiger partial charge is 0.471 e. The van der Waals surface area contributed by atoms with Crippen molar-refractivity contribution in [3.05, 3.63) is 51.6 Å². The third kappa shape index (κ3) is 7.02. The fraction of sp³-hybridized carbons (Fsp3) is 0.500. The number of alkyl halides is 3. The monoisotopic (exact) mass is 723 g/mol. The topological polar surface area (TPSA) is 215 Å². The molecular formula is C34H36F3NO13. The van der Waals surface area contributed by atoms with Crippen LogP contribution in [0, 0.1) is 0 Å². The molecule has 0 saturated carbocycles. The summed E-state index contributed by atoms with van der Waals surface area (Å²) in [6.07, 6.45) is -12.3. The van der Waals surface area contributed by atoms with Crippen molar-refractivity contribution in [1.82, 2.24) is 5.32 Å². The van der Waals surface area contributed by atoms with E-state index in [1.807, 2.05) is 6.92 Å². The average Bonchev–Trinajstić information content (AvgIpc) is 3.07. The van der Waals surface area contributed by atoms with Gasteiger partial charge in [-0.25, -0.2) is 0 Å². The number of ether oxygens (including phenoxy) is 4. The van der Waals surface area contributed by atoms with E-state index in [4.69, 9.17) is 18.9 Å². The number of halogens is 3. The van der Waals surface area contributed by atoms with E-state index in [9.17, 15) is 57.6 Å². The number of amides is 1. The first-order valence-corrected chi connectivity index (χ1v) is 16.1. The minimum absolute atomic E-state index is 0.00489. The van der Waals surface area contributed by atoms with Crippen LogP contribution in [0.4, 0.5) is 13.2 Å². The molecule has 51 heavy (non-hydrogen) atoms. The maximum atomic E-state index is 13.9. The summed E-state index contributed by atoms with van der Waals surface area (Å²) in [5.41, 5.74) is -4.85. The number of phenols is 2. The van der Waals surface area contributed by atoms with Crippen LogP contribution in [0.5, 0.6) is 17.2 Å². The Bertz CT molecular complexity index is 1780. The van der Waals surface area contributed by atoms with E-state index in [-0.39, 0.29) is 34.4 Å². The van der Waals surface area contributed by atoms with E-state index in [1.165, 1.54) is 32.2 Å². The lowest BCUT2D eigenvalue weighted by molar-refractivity contribution is -0.250.